The molecular formula is C14H19N3O2. The Labute approximate surface area is 112 Å². The molecule has 3 N–H and O–H groups in total. The van der Waals surface area contributed by atoms with Crippen molar-refractivity contribution < 1.29 is 9.47 Å². The molecule has 102 valence electrons. The number of methoxy groups -OCH3 is 2. The van der Waals surface area contributed by atoms with Crippen molar-refractivity contribution in [1.82, 2.24) is 10.2 Å². The van der Waals surface area contributed by atoms with Gasteiger partial charge in [0, 0.05) is 5.56 Å². The largest absolute Gasteiger partial charge is 0.493 e. The third-order valence-corrected chi connectivity index (χ3v) is 3.04. The smallest absolute Gasteiger partial charge is 0.161 e. The molecule has 0 atom stereocenters. The normalized spacial score (nSPS) is 10.5. The SMILES string of the molecule is COc1ccc(-c2[nH]ncc2CCCN)cc1OC. The first-order valence-corrected chi connectivity index (χ1v) is 6.25. The average molecular weight is 261 g/mol. The van der Waals surface area contributed by atoms with Crippen LogP contribution in [0.1, 0.15) is 12.0 Å². The standard InChI is InChI=1S/C14H19N3O2/c1-18-12-6-5-10(8-13(12)19-2)14-11(4-3-7-15)9-16-17-14/h5-6,8-9H,3-4,7,15H2,1-2H3,(H,16,17). The number of ether oxygens (including phenoxy) is 2. The minimum Gasteiger partial charge on any atom is -0.493 e. The fourth-order valence-corrected chi connectivity index (χ4v) is 2.03. The van der Waals surface area contributed by atoms with E-state index >= 15 is 0 Å². The van der Waals surface area contributed by atoms with Gasteiger partial charge in [0.1, 0.15) is 0 Å². The van der Waals surface area contributed by atoms with E-state index in [0.29, 0.717) is 18.0 Å². The molecule has 0 fully saturated rings. The highest BCUT2D eigenvalue weighted by Gasteiger charge is 2.11. The summed E-state index contributed by atoms with van der Waals surface area (Å²) in [6.07, 6.45) is 3.71. The summed E-state index contributed by atoms with van der Waals surface area (Å²) in [4.78, 5) is 0. The van der Waals surface area contributed by atoms with E-state index in [0.717, 1.165) is 29.7 Å². The summed E-state index contributed by atoms with van der Waals surface area (Å²) >= 11 is 0. The second-order valence-corrected chi connectivity index (χ2v) is 4.23. The zero-order valence-electron chi connectivity index (χ0n) is 11.3. The van der Waals surface area contributed by atoms with Gasteiger partial charge in [-0.05, 0) is 43.1 Å². The molecule has 0 aliphatic heterocycles. The zero-order valence-corrected chi connectivity index (χ0v) is 11.3. The number of nitrogens with one attached hydrogen (secondary N) is 1. The summed E-state index contributed by atoms with van der Waals surface area (Å²) in [6, 6.07) is 5.82. The molecule has 1 aromatic carbocycles. The van der Waals surface area contributed by atoms with E-state index in [1.165, 1.54) is 0 Å². The van der Waals surface area contributed by atoms with Gasteiger partial charge in [0.25, 0.3) is 0 Å². The van der Waals surface area contributed by atoms with Crippen LogP contribution in [0.15, 0.2) is 24.4 Å². The van der Waals surface area contributed by atoms with Crippen LogP contribution >= 0.6 is 0 Å². The van der Waals surface area contributed by atoms with Gasteiger partial charge in [0.05, 0.1) is 26.1 Å². The number of nitrogens with two attached hydrogens (primary N) is 1. The van der Waals surface area contributed by atoms with Crippen molar-refractivity contribution in [2.24, 2.45) is 5.73 Å². The molecule has 0 aliphatic rings. The Bertz CT molecular complexity index is 537. The monoisotopic (exact) mass is 261 g/mol. The predicted octanol–water partition coefficient (Wildman–Crippen LogP) is 1.99. The van der Waals surface area contributed by atoms with Gasteiger partial charge in [0.15, 0.2) is 11.5 Å². The quantitative estimate of drug-likeness (QED) is 0.834. The Balaban J connectivity index is 2.33. The highest BCUT2D eigenvalue weighted by Crippen LogP contribution is 2.32. The van der Waals surface area contributed by atoms with E-state index < -0.39 is 0 Å². The van der Waals surface area contributed by atoms with E-state index in [4.69, 9.17) is 15.2 Å². The van der Waals surface area contributed by atoms with Gasteiger partial charge in [0.2, 0.25) is 0 Å². The number of aromatic nitrogens is 2. The predicted molar refractivity (Wildman–Crippen MR) is 74.5 cm³/mol. The Hall–Kier alpha value is -2.01. The molecule has 0 unspecified atom stereocenters. The molecule has 5 nitrogen and oxygen atoms in total. The molecule has 2 aromatic rings. The van der Waals surface area contributed by atoms with Crippen LogP contribution in [0.25, 0.3) is 11.3 Å². The van der Waals surface area contributed by atoms with E-state index in [9.17, 15) is 0 Å². The van der Waals surface area contributed by atoms with Crippen LogP contribution in [0, 0.1) is 0 Å². The highest BCUT2D eigenvalue weighted by molar-refractivity contribution is 5.66. The molecule has 2 rings (SSSR count). The van der Waals surface area contributed by atoms with Crippen molar-refractivity contribution in [2.45, 2.75) is 12.8 Å². The lowest BCUT2D eigenvalue weighted by atomic mass is 10.0. The lowest BCUT2D eigenvalue weighted by Gasteiger charge is -2.09. The van der Waals surface area contributed by atoms with Gasteiger partial charge in [-0.3, -0.25) is 5.10 Å². The van der Waals surface area contributed by atoms with Crippen LogP contribution in [0.3, 0.4) is 0 Å². The maximum absolute atomic E-state index is 5.55. The summed E-state index contributed by atoms with van der Waals surface area (Å²) in [5.41, 5.74) is 8.75. The van der Waals surface area contributed by atoms with Crippen LogP contribution in [0.4, 0.5) is 0 Å². The number of rotatable bonds is 6. The Morgan fingerprint density at radius 1 is 1.21 bits per heavy atom. The molecule has 0 spiro atoms. The molecule has 19 heavy (non-hydrogen) atoms. The number of nitrogens with zero attached hydrogens (tertiary/aromatic N) is 1. The third kappa shape index (κ3) is 2.88. The molecule has 1 heterocycles. The summed E-state index contributed by atoms with van der Waals surface area (Å²) < 4.78 is 10.6. The fourth-order valence-electron chi connectivity index (χ4n) is 2.03. The molecule has 5 heteroatoms. The highest BCUT2D eigenvalue weighted by atomic mass is 16.5. The summed E-state index contributed by atoms with van der Waals surface area (Å²) in [7, 11) is 3.25. The molecule has 0 radical (unpaired) electrons. The molecule has 0 aliphatic carbocycles. The van der Waals surface area contributed by atoms with Gasteiger partial charge in [-0.15, -0.1) is 0 Å². The number of hydrogen-bond donors (Lipinski definition) is 2. The van der Waals surface area contributed by atoms with Crippen LogP contribution in [0.2, 0.25) is 0 Å². The van der Waals surface area contributed by atoms with Crippen LogP contribution in [-0.2, 0) is 6.42 Å². The first-order chi connectivity index (χ1) is 9.30. The van der Waals surface area contributed by atoms with Gasteiger partial charge in [-0.2, -0.15) is 5.10 Å². The molecular weight excluding hydrogens is 242 g/mol. The minimum absolute atomic E-state index is 0.677. The maximum Gasteiger partial charge on any atom is 0.161 e. The number of H-pyrrole nitrogens is 1. The van der Waals surface area contributed by atoms with E-state index in [1.807, 2.05) is 24.4 Å². The Kier molecular flexibility index (Phi) is 4.41. The van der Waals surface area contributed by atoms with E-state index in [2.05, 4.69) is 10.2 Å². The van der Waals surface area contributed by atoms with Gasteiger partial charge in [-0.25, -0.2) is 0 Å². The van der Waals surface area contributed by atoms with Crippen molar-refractivity contribution >= 4 is 0 Å². The third-order valence-electron chi connectivity index (χ3n) is 3.04. The number of aromatic amines is 1. The maximum atomic E-state index is 5.55. The van der Waals surface area contributed by atoms with Crippen molar-refractivity contribution in [3.8, 4) is 22.8 Å². The van der Waals surface area contributed by atoms with Gasteiger partial charge >= 0.3 is 0 Å². The Morgan fingerprint density at radius 3 is 2.68 bits per heavy atom. The molecule has 0 amide bonds. The first kappa shape index (κ1) is 13.4. The van der Waals surface area contributed by atoms with Crippen molar-refractivity contribution in [3.05, 3.63) is 30.0 Å². The second-order valence-electron chi connectivity index (χ2n) is 4.23. The molecule has 1 aromatic heterocycles. The van der Waals surface area contributed by atoms with Crippen LogP contribution in [-0.4, -0.2) is 31.0 Å². The lowest BCUT2D eigenvalue weighted by molar-refractivity contribution is 0.355. The summed E-state index contributed by atoms with van der Waals surface area (Å²) in [5.74, 6) is 1.42. The zero-order chi connectivity index (χ0) is 13.7. The second kappa shape index (κ2) is 6.24. The van der Waals surface area contributed by atoms with E-state index in [-0.39, 0.29) is 0 Å². The van der Waals surface area contributed by atoms with E-state index in [1.54, 1.807) is 14.2 Å². The van der Waals surface area contributed by atoms with Gasteiger partial charge < -0.3 is 15.2 Å². The topological polar surface area (TPSA) is 73.2 Å². The average Bonchev–Trinajstić information content (AvgIpc) is 2.92. The van der Waals surface area contributed by atoms with Crippen LogP contribution in [0.5, 0.6) is 11.5 Å². The van der Waals surface area contributed by atoms with Gasteiger partial charge in [-0.1, -0.05) is 0 Å². The first-order valence-electron chi connectivity index (χ1n) is 6.25. The number of benzene rings is 1. The van der Waals surface area contributed by atoms with Crippen molar-refractivity contribution in [3.63, 3.8) is 0 Å². The molecule has 0 saturated carbocycles. The number of hydrogen-bond acceptors (Lipinski definition) is 4. The Morgan fingerprint density at radius 2 is 2.00 bits per heavy atom. The van der Waals surface area contributed by atoms with Crippen molar-refractivity contribution in [1.29, 1.82) is 0 Å². The number of aryl methyl sites for hydroxylation is 1. The summed E-state index contributed by atoms with van der Waals surface area (Å²) in [6.45, 7) is 0.677. The lowest BCUT2D eigenvalue weighted by Crippen LogP contribution is -2.00. The van der Waals surface area contributed by atoms with Crippen molar-refractivity contribution in [2.75, 3.05) is 20.8 Å². The molecule has 0 saturated heterocycles. The minimum atomic E-state index is 0.677. The van der Waals surface area contributed by atoms with Crippen LogP contribution < -0.4 is 15.2 Å². The molecule has 0 bridgehead atoms. The summed E-state index contributed by atoms with van der Waals surface area (Å²) in [5, 5.41) is 7.14. The fraction of sp³-hybridized carbons (Fsp3) is 0.357.